The molecule has 0 saturated heterocycles. The van der Waals surface area contributed by atoms with Gasteiger partial charge in [0.15, 0.2) is 0 Å². The van der Waals surface area contributed by atoms with Crippen LogP contribution in [0.15, 0.2) is 115 Å². The number of nitrogens with zero attached hydrogens (tertiary/aromatic N) is 2. The first-order valence-electron chi connectivity index (χ1n) is 12.7. The maximum Gasteiger partial charge on any atom is 0.121 e. The fraction of sp³-hybridized carbons (Fsp3) is 0.182. The molecule has 1 atom stereocenters. The Morgan fingerprint density at radius 1 is 0.722 bits per heavy atom. The SMILES string of the molecule is CN(C)CCc1c2n(c3ccccc13)C(=N)C(c1ccccc1)(c1ccccc1)C2c1ccccc1. The number of benzene rings is 4. The Morgan fingerprint density at radius 3 is 1.83 bits per heavy atom. The molecule has 0 amide bonds. The van der Waals surface area contributed by atoms with Crippen molar-refractivity contribution in [1.82, 2.24) is 9.47 Å². The van der Waals surface area contributed by atoms with Gasteiger partial charge >= 0.3 is 0 Å². The largest absolute Gasteiger partial charge is 0.309 e. The molecule has 0 saturated carbocycles. The molecule has 0 radical (unpaired) electrons. The lowest BCUT2D eigenvalue weighted by molar-refractivity contribution is 0.413. The van der Waals surface area contributed by atoms with Gasteiger partial charge in [-0.3, -0.25) is 5.41 Å². The van der Waals surface area contributed by atoms with Gasteiger partial charge in [0, 0.05) is 23.5 Å². The third kappa shape index (κ3) is 3.27. The smallest absolute Gasteiger partial charge is 0.121 e. The fourth-order valence-electron chi connectivity index (χ4n) is 6.22. The summed E-state index contributed by atoms with van der Waals surface area (Å²) in [5, 5.41) is 11.2. The van der Waals surface area contributed by atoms with E-state index in [4.69, 9.17) is 0 Å². The summed E-state index contributed by atoms with van der Waals surface area (Å²) in [4.78, 5) is 2.25. The minimum Gasteiger partial charge on any atom is -0.309 e. The average molecular weight is 470 g/mol. The van der Waals surface area contributed by atoms with E-state index in [1.807, 2.05) is 0 Å². The van der Waals surface area contributed by atoms with E-state index in [1.54, 1.807) is 0 Å². The number of hydrogen-bond acceptors (Lipinski definition) is 2. The van der Waals surface area contributed by atoms with Crippen LogP contribution in [0.25, 0.3) is 10.9 Å². The van der Waals surface area contributed by atoms with Gasteiger partial charge in [-0.15, -0.1) is 0 Å². The van der Waals surface area contributed by atoms with Crippen molar-refractivity contribution >= 4 is 16.7 Å². The molecule has 2 heterocycles. The molecule has 0 bridgehead atoms. The summed E-state index contributed by atoms with van der Waals surface area (Å²) in [6.07, 6.45) is 0.937. The van der Waals surface area contributed by atoms with Crippen molar-refractivity contribution in [3.8, 4) is 0 Å². The molecule has 6 rings (SSSR count). The van der Waals surface area contributed by atoms with E-state index in [2.05, 4.69) is 139 Å². The summed E-state index contributed by atoms with van der Waals surface area (Å²) in [5.41, 5.74) is 6.63. The standard InChI is InChI=1S/C33H31N3/c1-35(2)23-22-28-27-20-12-13-21-29(27)36-31(28)30(24-14-6-3-7-15-24)33(32(36)34,25-16-8-4-9-17-25)26-18-10-5-11-19-26/h3-21,30,34H,22-23H2,1-2H3. The third-order valence-electron chi connectivity index (χ3n) is 7.72. The maximum absolute atomic E-state index is 9.96. The Balaban J connectivity index is 1.75. The van der Waals surface area contributed by atoms with Crippen LogP contribution < -0.4 is 0 Å². The molecule has 1 aliphatic rings. The highest BCUT2D eigenvalue weighted by molar-refractivity contribution is 6.08. The lowest BCUT2D eigenvalue weighted by Gasteiger charge is -2.37. The number of para-hydroxylation sites is 1. The van der Waals surface area contributed by atoms with Crippen molar-refractivity contribution in [3.05, 3.63) is 143 Å². The first-order chi connectivity index (χ1) is 17.6. The molecule has 1 N–H and O–H groups in total. The van der Waals surface area contributed by atoms with E-state index in [0.29, 0.717) is 5.84 Å². The highest BCUT2D eigenvalue weighted by Gasteiger charge is 2.55. The van der Waals surface area contributed by atoms with E-state index in [0.717, 1.165) is 29.6 Å². The Kier molecular flexibility index (Phi) is 5.58. The van der Waals surface area contributed by atoms with Crippen LogP contribution in [0.3, 0.4) is 0 Å². The molecule has 0 aliphatic carbocycles. The summed E-state index contributed by atoms with van der Waals surface area (Å²) in [7, 11) is 4.26. The molecule has 4 aromatic carbocycles. The molecule has 1 aliphatic heterocycles. The molecule has 0 spiro atoms. The Labute approximate surface area is 213 Å². The van der Waals surface area contributed by atoms with Crippen LogP contribution in [0.1, 0.15) is 33.9 Å². The van der Waals surface area contributed by atoms with Gasteiger partial charge < -0.3 is 9.47 Å². The van der Waals surface area contributed by atoms with Crippen molar-refractivity contribution in [2.75, 3.05) is 20.6 Å². The predicted octanol–water partition coefficient (Wildman–Crippen LogP) is 6.70. The zero-order valence-corrected chi connectivity index (χ0v) is 20.9. The topological polar surface area (TPSA) is 32.0 Å². The van der Waals surface area contributed by atoms with Gasteiger partial charge in [-0.05, 0) is 48.8 Å². The van der Waals surface area contributed by atoms with Crippen molar-refractivity contribution in [3.63, 3.8) is 0 Å². The quantitative estimate of drug-likeness (QED) is 0.295. The van der Waals surface area contributed by atoms with E-state index >= 15 is 0 Å². The van der Waals surface area contributed by atoms with Gasteiger partial charge in [-0.2, -0.15) is 0 Å². The second-order valence-corrected chi connectivity index (χ2v) is 10.0. The molecular weight excluding hydrogens is 438 g/mol. The summed E-state index contributed by atoms with van der Waals surface area (Å²) < 4.78 is 2.26. The number of aromatic nitrogens is 1. The first-order valence-corrected chi connectivity index (χ1v) is 12.7. The molecule has 3 heteroatoms. The van der Waals surface area contributed by atoms with Crippen molar-refractivity contribution in [2.24, 2.45) is 0 Å². The second-order valence-electron chi connectivity index (χ2n) is 10.0. The molecule has 5 aromatic rings. The van der Waals surface area contributed by atoms with Crippen LogP contribution in [0.4, 0.5) is 0 Å². The molecule has 178 valence electrons. The highest BCUT2D eigenvalue weighted by Crippen LogP contribution is 2.56. The number of nitrogens with one attached hydrogen (secondary N) is 1. The molecule has 36 heavy (non-hydrogen) atoms. The normalized spacial score (nSPS) is 16.5. The van der Waals surface area contributed by atoms with E-state index < -0.39 is 5.41 Å². The molecule has 1 aromatic heterocycles. The van der Waals surface area contributed by atoms with Crippen LogP contribution in [0.5, 0.6) is 0 Å². The van der Waals surface area contributed by atoms with E-state index in [9.17, 15) is 5.41 Å². The van der Waals surface area contributed by atoms with Gasteiger partial charge in [0.1, 0.15) is 5.84 Å². The highest BCUT2D eigenvalue weighted by atomic mass is 15.1. The van der Waals surface area contributed by atoms with Gasteiger partial charge in [-0.1, -0.05) is 109 Å². The molecule has 3 nitrogen and oxygen atoms in total. The molecular formula is C33H31N3. The van der Waals surface area contributed by atoms with Crippen LogP contribution >= 0.6 is 0 Å². The Bertz CT molecular complexity index is 1480. The van der Waals surface area contributed by atoms with Gasteiger partial charge in [0.05, 0.1) is 10.9 Å². The van der Waals surface area contributed by atoms with Crippen molar-refractivity contribution in [1.29, 1.82) is 5.41 Å². The lowest BCUT2D eigenvalue weighted by Crippen LogP contribution is -2.40. The summed E-state index contributed by atoms with van der Waals surface area (Å²) in [6.45, 7) is 0.958. The fourth-order valence-corrected chi connectivity index (χ4v) is 6.22. The van der Waals surface area contributed by atoms with Gasteiger partial charge in [-0.25, -0.2) is 0 Å². The maximum atomic E-state index is 9.96. The average Bonchev–Trinajstić information content (AvgIpc) is 3.39. The van der Waals surface area contributed by atoms with Crippen LogP contribution in [-0.4, -0.2) is 35.9 Å². The monoisotopic (exact) mass is 469 g/mol. The summed E-state index contributed by atoms with van der Waals surface area (Å²) >= 11 is 0. The lowest BCUT2D eigenvalue weighted by atomic mass is 9.63. The van der Waals surface area contributed by atoms with E-state index in [-0.39, 0.29) is 5.92 Å². The van der Waals surface area contributed by atoms with Crippen LogP contribution in [0, 0.1) is 5.41 Å². The first kappa shape index (κ1) is 22.5. The number of rotatable bonds is 6. The molecule has 1 unspecified atom stereocenters. The summed E-state index contributed by atoms with van der Waals surface area (Å²) in [6, 6.07) is 40.8. The molecule has 0 fully saturated rings. The summed E-state index contributed by atoms with van der Waals surface area (Å²) in [5.74, 6) is 0.594. The minimum absolute atomic E-state index is 0.0273. The second kappa shape index (κ2) is 8.92. The third-order valence-corrected chi connectivity index (χ3v) is 7.72. The number of likely N-dealkylation sites (N-methyl/N-ethyl adjacent to an activating group) is 1. The zero-order chi connectivity index (χ0) is 24.7. The van der Waals surface area contributed by atoms with Crippen LogP contribution in [-0.2, 0) is 11.8 Å². The minimum atomic E-state index is -0.643. The van der Waals surface area contributed by atoms with E-state index in [1.165, 1.54) is 22.2 Å². The van der Waals surface area contributed by atoms with Gasteiger partial charge in [0.25, 0.3) is 0 Å². The number of fused-ring (bicyclic) bond motifs is 3. The zero-order valence-electron chi connectivity index (χ0n) is 20.9. The number of hydrogen-bond donors (Lipinski definition) is 1. The van der Waals surface area contributed by atoms with Crippen molar-refractivity contribution in [2.45, 2.75) is 17.8 Å². The Morgan fingerprint density at radius 2 is 1.25 bits per heavy atom. The van der Waals surface area contributed by atoms with Gasteiger partial charge in [0.2, 0.25) is 0 Å². The Hall–Kier alpha value is -3.95. The predicted molar refractivity (Wildman–Crippen MR) is 149 cm³/mol. The van der Waals surface area contributed by atoms with Crippen LogP contribution in [0.2, 0.25) is 0 Å². The van der Waals surface area contributed by atoms with Crippen molar-refractivity contribution < 1.29 is 0 Å².